The molecule has 3 rings (SSSR count). The molecule has 2 aliphatic heterocycles. The monoisotopic (exact) mass is 474 g/mol. The SMILES string of the molecule is CC(C)CS(=O)(=O)N1CCC(OCC2CN(c3ccc(S(C)(=O)=O)cc3)C(=O)O2)CC1. The Labute approximate surface area is 184 Å². The van der Waals surface area contributed by atoms with Crippen LogP contribution in [-0.4, -0.2) is 77.7 Å². The van der Waals surface area contributed by atoms with E-state index in [9.17, 15) is 21.6 Å². The van der Waals surface area contributed by atoms with Crippen molar-refractivity contribution in [3.05, 3.63) is 24.3 Å². The molecule has 2 heterocycles. The van der Waals surface area contributed by atoms with Crippen LogP contribution in [0, 0.1) is 5.92 Å². The van der Waals surface area contributed by atoms with Gasteiger partial charge in [0.05, 0.1) is 29.9 Å². The fourth-order valence-electron chi connectivity index (χ4n) is 3.74. The van der Waals surface area contributed by atoms with Crippen molar-refractivity contribution >= 4 is 31.6 Å². The number of carbonyl (C=O) groups is 1. The van der Waals surface area contributed by atoms with E-state index in [1.54, 1.807) is 12.1 Å². The van der Waals surface area contributed by atoms with Gasteiger partial charge in [0, 0.05) is 25.0 Å². The zero-order valence-electron chi connectivity index (χ0n) is 18.1. The van der Waals surface area contributed by atoms with Gasteiger partial charge in [-0.05, 0) is 43.0 Å². The second-order valence-corrected chi connectivity index (χ2v) is 12.5. The van der Waals surface area contributed by atoms with Gasteiger partial charge < -0.3 is 9.47 Å². The van der Waals surface area contributed by atoms with Crippen LogP contribution >= 0.6 is 0 Å². The number of hydrogen-bond acceptors (Lipinski definition) is 7. The predicted octanol–water partition coefficient (Wildman–Crippen LogP) is 1.88. The Bertz CT molecular complexity index is 983. The first-order chi connectivity index (χ1) is 14.5. The number of piperidine rings is 1. The van der Waals surface area contributed by atoms with Crippen LogP contribution in [0.2, 0.25) is 0 Å². The molecule has 1 aromatic rings. The number of cyclic esters (lactones) is 1. The van der Waals surface area contributed by atoms with E-state index in [1.165, 1.54) is 21.3 Å². The Morgan fingerprint density at radius 2 is 1.71 bits per heavy atom. The molecule has 0 radical (unpaired) electrons. The van der Waals surface area contributed by atoms with Gasteiger partial charge in [0.1, 0.15) is 6.10 Å². The molecule has 0 spiro atoms. The highest BCUT2D eigenvalue weighted by atomic mass is 32.2. The molecule has 0 aliphatic carbocycles. The third-order valence-electron chi connectivity index (χ3n) is 5.31. The first-order valence-corrected chi connectivity index (χ1v) is 13.8. The van der Waals surface area contributed by atoms with Gasteiger partial charge in [0.25, 0.3) is 0 Å². The summed E-state index contributed by atoms with van der Waals surface area (Å²) in [5, 5.41) is 0. The molecule has 0 aromatic heterocycles. The quantitative estimate of drug-likeness (QED) is 0.566. The lowest BCUT2D eigenvalue weighted by Gasteiger charge is -2.31. The average Bonchev–Trinajstić information content (AvgIpc) is 3.06. The Kier molecular flexibility index (Phi) is 7.29. The van der Waals surface area contributed by atoms with Crippen LogP contribution in [-0.2, 0) is 29.3 Å². The lowest BCUT2D eigenvalue weighted by molar-refractivity contribution is -0.0194. The number of sulfonamides is 1. The summed E-state index contributed by atoms with van der Waals surface area (Å²) in [4.78, 5) is 13.8. The highest BCUT2D eigenvalue weighted by molar-refractivity contribution is 7.90. The molecule has 0 bridgehead atoms. The zero-order valence-corrected chi connectivity index (χ0v) is 19.7. The van der Waals surface area contributed by atoms with Gasteiger partial charge in [-0.25, -0.2) is 25.9 Å². The smallest absolute Gasteiger partial charge is 0.414 e. The van der Waals surface area contributed by atoms with Crippen LogP contribution in [0.3, 0.4) is 0 Å². The molecule has 1 unspecified atom stereocenters. The second kappa shape index (κ2) is 9.43. The van der Waals surface area contributed by atoms with E-state index in [0.717, 1.165) is 6.26 Å². The third kappa shape index (κ3) is 6.18. The summed E-state index contributed by atoms with van der Waals surface area (Å²) in [6, 6.07) is 6.08. The van der Waals surface area contributed by atoms with Gasteiger partial charge in [-0.2, -0.15) is 0 Å². The number of carbonyl (C=O) groups excluding carboxylic acids is 1. The normalized spacial score (nSPS) is 21.6. The van der Waals surface area contributed by atoms with E-state index in [1.807, 2.05) is 13.8 Å². The molecule has 2 saturated heterocycles. The summed E-state index contributed by atoms with van der Waals surface area (Å²) in [6.07, 6.45) is 1.32. The van der Waals surface area contributed by atoms with Gasteiger partial charge in [-0.3, -0.25) is 4.90 Å². The van der Waals surface area contributed by atoms with Crippen LogP contribution < -0.4 is 4.90 Å². The van der Waals surface area contributed by atoms with Crippen molar-refractivity contribution in [3.63, 3.8) is 0 Å². The Balaban J connectivity index is 1.48. The maximum Gasteiger partial charge on any atom is 0.414 e. The molecular formula is C20H30N2O7S2. The molecule has 0 N–H and O–H groups in total. The van der Waals surface area contributed by atoms with Crippen molar-refractivity contribution in [2.45, 2.75) is 43.8 Å². The summed E-state index contributed by atoms with van der Waals surface area (Å²) in [5.41, 5.74) is 0.559. The fourth-order valence-corrected chi connectivity index (χ4v) is 6.19. The minimum atomic E-state index is -3.30. The van der Waals surface area contributed by atoms with Crippen molar-refractivity contribution in [1.82, 2.24) is 4.31 Å². The van der Waals surface area contributed by atoms with Gasteiger partial charge in [0.15, 0.2) is 9.84 Å². The van der Waals surface area contributed by atoms with Gasteiger partial charge >= 0.3 is 6.09 Å². The van der Waals surface area contributed by atoms with E-state index in [2.05, 4.69) is 0 Å². The minimum Gasteiger partial charge on any atom is -0.441 e. The lowest BCUT2D eigenvalue weighted by Crippen LogP contribution is -2.43. The second-order valence-electron chi connectivity index (χ2n) is 8.49. The molecule has 9 nitrogen and oxygen atoms in total. The van der Waals surface area contributed by atoms with E-state index < -0.39 is 32.1 Å². The molecular weight excluding hydrogens is 444 g/mol. The highest BCUT2D eigenvalue weighted by Crippen LogP contribution is 2.25. The Hall–Kier alpha value is -1.69. The van der Waals surface area contributed by atoms with Crippen molar-refractivity contribution in [1.29, 1.82) is 0 Å². The zero-order chi connectivity index (χ0) is 22.8. The molecule has 1 amide bonds. The van der Waals surface area contributed by atoms with Gasteiger partial charge in [-0.1, -0.05) is 13.8 Å². The summed E-state index contributed by atoms with van der Waals surface area (Å²) in [5.74, 6) is 0.235. The molecule has 2 aliphatic rings. The number of sulfone groups is 1. The molecule has 1 aromatic carbocycles. The largest absolute Gasteiger partial charge is 0.441 e. The number of amides is 1. The summed E-state index contributed by atoms with van der Waals surface area (Å²) in [7, 11) is -6.53. The maximum atomic E-state index is 12.3. The van der Waals surface area contributed by atoms with Crippen LogP contribution in [0.25, 0.3) is 0 Å². The Morgan fingerprint density at radius 1 is 1.10 bits per heavy atom. The molecule has 11 heteroatoms. The van der Waals surface area contributed by atoms with Crippen molar-refractivity contribution in [3.8, 4) is 0 Å². The van der Waals surface area contributed by atoms with E-state index in [-0.39, 0.29) is 29.3 Å². The van der Waals surface area contributed by atoms with E-state index in [0.29, 0.717) is 38.2 Å². The average molecular weight is 475 g/mol. The predicted molar refractivity (Wildman–Crippen MR) is 116 cm³/mol. The van der Waals surface area contributed by atoms with Crippen LogP contribution in [0.1, 0.15) is 26.7 Å². The standard InChI is InChI=1S/C20H30N2O7S2/c1-15(2)14-31(26,27)21-10-8-17(9-11-21)28-13-18-12-22(20(23)29-18)16-4-6-19(7-5-16)30(3,24)25/h4-7,15,17-18H,8-14H2,1-3H3. The number of hydrogen-bond donors (Lipinski definition) is 0. The topological polar surface area (TPSA) is 110 Å². The van der Waals surface area contributed by atoms with Crippen molar-refractivity contribution in [2.24, 2.45) is 5.92 Å². The van der Waals surface area contributed by atoms with E-state index >= 15 is 0 Å². The number of nitrogens with zero attached hydrogens (tertiary/aromatic N) is 2. The van der Waals surface area contributed by atoms with Crippen LogP contribution in [0.15, 0.2) is 29.2 Å². The number of ether oxygens (including phenoxy) is 2. The van der Waals surface area contributed by atoms with Crippen molar-refractivity contribution < 1.29 is 31.1 Å². The summed E-state index contributed by atoms with van der Waals surface area (Å²) < 4.78 is 60.7. The molecule has 0 saturated carbocycles. The highest BCUT2D eigenvalue weighted by Gasteiger charge is 2.34. The molecule has 174 valence electrons. The summed E-state index contributed by atoms with van der Waals surface area (Å²) in [6.45, 7) is 5.18. The molecule has 1 atom stereocenters. The number of anilines is 1. The lowest BCUT2D eigenvalue weighted by atomic mass is 10.1. The van der Waals surface area contributed by atoms with Gasteiger partial charge in [-0.15, -0.1) is 0 Å². The first kappa shape index (κ1) is 24.0. The number of benzene rings is 1. The third-order valence-corrected chi connectivity index (χ3v) is 8.68. The Morgan fingerprint density at radius 3 is 2.26 bits per heavy atom. The number of rotatable bonds is 8. The minimum absolute atomic E-state index is 0.0766. The molecule has 2 fully saturated rings. The van der Waals surface area contributed by atoms with Gasteiger partial charge in [0.2, 0.25) is 10.0 Å². The van der Waals surface area contributed by atoms with E-state index in [4.69, 9.17) is 9.47 Å². The fraction of sp³-hybridized carbons (Fsp3) is 0.650. The first-order valence-electron chi connectivity index (χ1n) is 10.3. The maximum absolute atomic E-state index is 12.3. The van der Waals surface area contributed by atoms with Crippen LogP contribution in [0.5, 0.6) is 0 Å². The van der Waals surface area contributed by atoms with Crippen LogP contribution in [0.4, 0.5) is 10.5 Å². The summed E-state index contributed by atoms with van der Waals surface area (Å²) >= 11 is 0. The molecule has 31 heavy (non-hydrogen) atoms. The van der Waals surface area contributed by atoms with Crippen molar-refractivity contribution in [2.75, 3.05) is 43.1 Å².